The molecule has 2 heteroatoms. The first-order chi connectivity index (χ1) is 12.0. The summed E-state index contributed by atoms with van der Waals surface area (Å²) in [6, 6.07) is 0. The van der Waals surface area contributed by atoms with Crippen molar-refractivity contribution in [2.24, 2.45) is 22.7 Å². The summed E-state index contributed by atoms with van der Waals surface area (Å²) in [4.78, 5) is 0. The van der Waals surface area contributed by atoms with Crippen LogP contribution in [0.3, 0.4) is 0 Å². The quantitative estimate of drug-likeness (QED) is 0.386. The van der Waals surface area contributed by atoms with Crippen molar-refractivity contribution in [2.45, 2.75) is 123 Å². The maximum Gasteiger partial charge on any atom is 0.251 e. The van der Waals surface area contributed by atoms with Crippen LogP contribution in [0, 0.1) is 22.7 Å². The molecule has 0 heterocycles. The highest BCUT2D eigenvalue weighted by Gasteiger charge is 2.55. The molecular weight excluding hydrogens is 314 g/mol. The van der Waals surface area contributed by atoms with Crippen LogP contribution in [0.2, 0.25) is 0 Å². The average molecular weight is 355 g/mol. The first-order valence-electron chi connectivity index (χ1n) is 11.3. The Hall–Kier alpha value is -0.140. The van der Waals surface area contributed by atoms with Gasteiger partial charge < -0.3 is 0 Å². The highest BCUT2D eigenvalue weighted by atomic mass is 19.3. The van der Waals surface area contributed by atoms with Gasteiger partial charge in [-0.1, -0.05) is 46.0 Å². The van der Waals surface area contributed by atoms with Crippen molar-refractivity contribution in [3.63, 3.8) is 0 Å². The number of alkyl halides is 2. The molecule has 146 valence electrons. The van der Waals surface area contributed by atoms with Gasteiger partial charge in [0, 0.05) is 12.3 Å². The van der Waals surface area contributed by atoms with Crippen molar-refractivity contribution in [1.29, 1.82) is 0 Å². The van der Waals surface area contributed by atoms with Crippen LogP contribution in [-0.4, -0.2) is 5.92 Å². The van der Waals surface area contributed by atoms with Gasteiger partial charge in [-0.2, -0.15) is 0 Å². The Balaban J connectivity index is 1.57. The van der Waals surface area contributed by atoms with Crippen LogP contribution in [0.1, 0.15) is 117 Å². The number of hydrogen-bond acceptors (Lipinski definition) is 0. The highest BCUT2D eigenvalue weighted by Crippen LogP contribution is 2.64. The van der Waals surface area contributed by atoms with Gasteiger partial charge in [-0.25, -0.2) is 8.78 Å². The van der Waals surface area contributed by atoms with E-state index in [1.165, 1.54) is 57.8 Å². The Morgan fingerprint density at radius 2 is 1.44 bits per heavy atom. The van der Waals surface area contributed by atoms with E-state index in [-0.39, 0.29) is 17.8 Å². The van der Waals surface area contributed by atoms with Crippen molar-refractivity contribution in [3.8, 4) is 0 Å². The van der Waals surface area contributed by atoms with Crippen molar-refractivity contribution < 1.29 is 8.78 Å². The normalized spacial score (nSPS) is 40.3. The number of rotatable bonds is 8. The molecule has 0 aromatic carbocycles. The summed E-state index contributed by atoms with van der Waals surface area (Å²) in [5.74, 6) is -2.43. The van der Waals surface area contributed by atoms with E-state index in [1.807, 2.05) is 0 Å². The molecule has 0 spiro atoms. The van der Waals surface area contributed by atoms with Crippen molar-refractivity contribution in [3.05, 3.63) is 0 Å². The standard InChI is InChI=1S/C23H40F2/c1-3-5-7-8-19-9-10-20(18-23(19,24)25)22-15-12-21(13-16-22,14-17-22)11-6-4-2/h19-20H,3-18H2,1-2H3/t19-,20-,21?,22?/m0/s1. The number of hydrogen-bond donors (Lipinski definition) is 0. The van der Waals surface area contributed by atoms with Gasteiger partial charge in [0.25, 0.3) is 5.92 Å². The van der Waals surface area contributed by atoms with Crippen LogP contribution in [0.25, 0.3) is 0 Å². The minimum absolute atomic E-state index is 0.200. The van der Waals surface area contributed by atoms with E-state index >= 15 is 0 Å². The van der Waals surface area contributed by atoms with E-state index in [1.54, 1.807) is 0 Å². The summed E-state index contributed by atoms with van der Waals surface area (Å²) in [5.41, 5.74) is 0.878. The van der Waals surface area contributed by atoms with Gasteiger partial charge in [-0.15, -0.1) is 0 Å². The Kier molecular flexibility index (Phi) is 6.16. The minimum Gasteiger partial charge on any atom is -0.207 e. The molecule has 4 saturated carbocycles. The second-order valence-corrected chi connectivity index (χ2v) is 9.90. The summed E-state index contributed by atoms with van der Waals surface area (Å²) in [6.45, 7) is 4.44. The van der Waals surface area contributed by atoms with Crippen LogP contribution in [0.5, 0.6) is 0 Å². The van der Waals surface area contributed by atoms with Gasteiger partial charge >= 0.3 is 0 Å². The molecule has 4 fully saturated rings. The molecule has 4 rings (SSSR count). The van der Waals surface area contributed by atoms with Gasteiger partial charge in [-0.3, -0.25) is 0 Å². The molecule has 0 N–H and O–H groups in total. The zero-order valence-electron chi connectivity index (χ0n) is 16.7. The maximum absolute atomic E-state index is 14.9. The lowest BCUT2D eigenvalue weighted by molar-refractivity contribution is -0.148. The minimum atomic E-state index is -2.40. The predicted molar refractivity (Wildman–Crippen MR) is 102 cm³/mol. The number of halogens is 2. The molecule has 0 nitrogen and oxygen atoms in total. The summed E-state index contributed by atoms with van der Waals surface area (Å²) < 4.78 is 29.7. The molecule has 0 saturated heterocycles. The fourth-order valence-corrected chi connectivity index (χ4v) is 6.56. The van der Waals surface area contributed by atoms with Crippen LogP contribution in [0.15, 0.2) is 0 Å². The van der Waals surface area contributed by atoms with E-state index in [2.05, 4.69) is 13.8 Å². The summed E-state index contributed by atoms with van der Waals surface area (Å²) in [7, 11) is 0. The monoisotopic (exact) mass is 354 g/mol. The Bertz CT molecular complexity index is 403. The molecule has 2 bridgehead atoms. The molecule has 0 aromatic rings. The third-order valence-electron chi connectivity index (χ3n) is 8.52. The third kappa shape index (κ3) is 4.08. The molecule has 0 amide bonds. The molecule has 0 aliphatic heterocycles. The van der Waals surface area contributed by atoms with Gasteiger partial charge in [0.2, 0.25) is 0 Å². The van der Waals surface area contributed by atoms with E-state index < -0.39 is 5.92 Å². The molecule has 4 aliphatic carbocycles. The number of fused-ring (bicyclic) bond motifs is 3. The highest BCUT2D eigenvalue weighted by molar-refractivity contribution is 5.04. The Labute approximate surface area is 154 Å². The zero-order chi connectivity index (χ0) is 18.0. The van der Waals surface area contributed by atoms with Crippen molar-refractivity contribution >= 4 is 0 Å². The van der Waals surface area contributed by atoms with E-state index in [0.29, 0.717) is 11.3 Å². The first kappa shape index (κ1) is 19.6. The summed E-state index contributed by atoms with van der Waals surface area (Å²) in [5, 5.41) is 0. The smallest absolute Gasteiger partial charge is 0.207 e. The lowest BCUT2D eigenvalue weighted by Gasteiger charge is -2.58. The molecule has 4 aliphatic rings. The lowest BCUT2D eigenvalue weighted by atomic mass is 9.47. The van der Waals surface area contributed by atoms with E-state index in [9.17, 15) is 8.78 Å². The van der Waals surface area contributed by atoms with Crippen LogP contribution >= 0.6 is 0 Å². The Morgan fingerprint density at radius 1 is 0.800 bits per heavy atom. The largest absolute Gasteiger partial charge is 0.251 e. The van der Waals surface area contributed by atoms with Crippen LogP contribution in [-0.2, 0) is 0 Å². The fraction of sp³-hybridized carbons (Fsp3) is 1.00. The van der Waals surface area contributed by atoms with E-state index in [0.717, 1.165) is 38.5 Å². The Morgan fingerprint density at radius 3 is 2.00 bits per heavy atom. The van der Waals surface area contributed by atoms with E-state index in [4.69, 9.17) is 0 Å². The summed E-state index contributed by atoms with van der Waals surface area (Å²) >= 11 is 0. The van der Waals surface area contributed by atoms with Crippen molar-refractivity contribution in [2.75, 3.05) is 0 Å². The van der Waals surface area contributed by atoms with Gasteiger partial charge in [-0.05, 0) is 81.0 Å². The number of unbranched alkanes of at least 4 members (excludes halogenated alkanes) is 3. The topological polar surface area (TPSA) is 0 Å². The molecular formula is C23H40F2. The second-order valence-electron chi connectivity index (χ2n) is 9.90. The first-order valence-corrected chi connectivity index (χ1v) is 11.3. The van der Waals surface area contributed by atoms with Gasteiger partial charge in [0.05, 0.1) is 0 Å². The third-order valence-corrected chi connectivity index (χ3v) is 8.52. The fourth-order valence-electron chi connectivity index (χ4n) is 6.56. The SMILES string of the molecule is CCCCC[C@H]1CC[C@H](C23CCC(CCCC)(CC2)CC3)CC1(F)F. The van der Waals surface area contributed by atoms with Crippen LogP contribution in [0.4, 0.5) is 8.78 Å². The van der Waals surface area contributed by atoms with Crippen molar-refractivity contribution in [1.82, 2.24) is 0 Å². The average Bonchev–Trinajstić information content (AvgIpc) is 2.62. The molecule has 2 atom stereocenters. The summed E-state index contributed by atoms with van der Waals surface area (Å²) in [6.07, 6.45) is 17.8. The van der Waals surface area contributed by atoms with Gasteiger partial charge in [0.1, 0.15) is 0 Å². The van der Waals surface area contributed by atoms with Crippen LogP contribution < -0.4 is 0 Å². The zero-order valence-corrected chi connectivity index (χ0v) is 16.7. The molecule has 25 heavy (non-hydrogen) atoms. The van der Waals surface area contributed by atoms with Gasteiger partial charge in [0.15, 0.2) is 0 Å². The molecule has 0 radical (unpaired) electrons. The molecule has 0 unspecified atom stereocenters. The predicted octanol–water partition coefficient (Wildman–Crippen LogP) is 8.15. The lowest BCUT2D eigenvalue weighted by Crippen LogP contribution is -2.49. The second kappa shape index (κ2) is 7.85. The maximum atomic E-state index is 14.9. The molecule has 0 aromatic heterocycles.